The van der Waals surface area contributed by atoms with Crippen molar-refractivity contribution in [1.82, 2.24) is 25.2 Å². The first-order valence-corrected chi connectivity index (χ1v) is 9.66. The van der Waals surface area contributed by atoms with Gasteiger partial charge in [-0.1, -0.05) is 6.07 Å². The van der Waals surface area contributed by atoms with Gasteiger partial charge in [-0.15, -0.1) is 10.2 Å². The zero-order chi connectivity index (χ0) is 20.8. The van der Waals surface area contributed by atoms with Gasteiger partial charge in [-0.2, -0.15) is 4.80 Å². The molecule has 2 aliphatic rings. The number of aryl methyl sites for hydroxylation is 1. The number of hydrogen-bond donors (Lipinski definition) is 1. The molecule has 0 spiro atoms. The summed E-state index contributed by atoms with van der Waals surface area (Å²) in [6.07, 6.45) is 1.59. The smallest absolute Gasteiger partial charge is 0.414 e. The van der Waals surface area contributed by atoms with Gasteiger partial charge in [0.25, 0.3) is 0 Å². The lowest BCUT2D eigenvalue weighted by Crippen LogP contribution is -2.32. The first-order valence-electron chi connectivity index (χ1n) is 9.66. The van der Waals surface area contributed by atoms with Gasteiger partial charge in [0.1, 0.15) is 17.6 Å². The lowest BCUT2D eigenvalue weighted by atomic mass is 10.1. The number of anilines is 1. The van der Waals surface area contributed by atoms with Crippen LogP contribution < -0.4 is 4.90 Å². The first-order chi connectivity index (χ1) is 14.5. The molecule has 10 heteroatoms. The number of pyridine rings is 1. The quantitative estimate of drug-likeness (QED) is 0.687. The molecule has 3 aromatic rings. The molecule has 1 aliphatic carbocycles. The molecule has 2 aromatic heterocycles. The maximum absolute atomic E-state index is 14.8. The van der Waals surface area contributed by atoms with Crippen molar-refractivity contribution in [3.05, 3.63) is 42.3 Å². The van der Waals surface area contributed by atoms with Crippen LogP contribution in [0.15, 0.2) is 36.5 Å². The molecule has 1 aliphatic heterocycles. The zero-order valence-electron chi connectivity index (χ0n) is 16.1. The van der Waals surface area contributed by atoms with Gasteiger partial charge in [0.05, 0.1) is 25.4 Å². The van der Waals surface area contributed by atoms with Gasteiger partial charge in [0.2, 0.25) is 5.82 Å². The Bertz CT molecular complexity index is 1100. The molecule has 2 atom stereocenters. The van der Waals surface area contributed by atoms with Crippen molar-refractivity contribution in [3.8, 4) is 22.6 Å². The number of cyclic esters (lactones) is 1. The molecule has 1 N–H and O–H groups in total. The number of ether oxygens (including phenoxy) is 1. The number of amides is 1. The van der Waals surface area contributed by atoms with Crippen molar-refractivity contribution in [2.24, 2.45) is 13.0 Å². The summed E-state index contributed by atoms with van der Waals surface area (Å²) in [7, 11) is 1.66. The summed E-state index contributed by atoms with van der Waals surface area (Å²) in [5.74, 6) is 0.0865. The number of hydrogen-bond acceptors (Lipinski definition) is 7. The number of rotatable bonds is 5. The van der Waals surface area contributed by atoms with Crippen molar-refractivity contribution in [3.63, 3.8) is 0 Å². The van der Waals surface area contributed by atoms with Crippen molar-refractivity contribution in [1.29, 1.82) is 0 Å². The van der Waals surface area contributed by atoms with Crippen LogP contribution in [0.5, 0.6) is 0 Å². The molecule has 1 saturated heterocycles. The average Bonchev–Trinajstić information content (AvgIpc) is 3.39. The highest BCUT2D eigenvalue weighted by molar-refractivity contribution is 5.90. The molecule has 3 heterocycles. The van der Waals surface area contributed by atoms with Gasteiger partial charge in [0, 0.05) is 17.3 Å². The minimum absolute atomic E-state index is 0.189. The summed E-state index contributed by atoms with van der Waals surface area (Å²) in [5, 5.41) is 22.0. The van der Waals surface area contributed by atoms with E-state index in [1.807, 2.05) is 0 Å². The lowest BCUT2D eigenvalue weighted by molar-refractivity contribution is 0.0200. The Kier molecular flexibility index (Phi) is 4.43. The Balaban J connectivity index is 1.35. The van der Waals surface area contributed by atoms with E-state index in [4.69, 9.17) is 4.74 Å². The Morgan fingerprint density at radius 2 is 2.10 bits per heavy atom. The third-order valence-corrected chi connectivity index (χ3v) is 5.40. The van der Waals surface area contributed by atoms with E-state index in [0.717, 1.165) is 12.8 Å². The van der Waals surface area contributed by atoms with Crippen LogP contribution in [0.1, 0.15) is 12.8 Å². The summed E-state index contributed by atoms with van der Waals surface area (Å²) in [6.45, 7) is 0.205. The molecule has 9 nitrogen and oxygen atoms in total. The fraction of sp³-hybridized carbons (Fsp3) is 0.350. The fourth-order valence-electron chi connectivity index (χ4n) is 3.59. The number of halogens is 1. The average molecular weight is 410 g/mol. The zero-order valence-corrected chi connectivity index (χ0v) is 16.1. The van der Waals surface area contributed by atoms with E-state index in [9.17, 15) is 14.3 Å². The molecule has 1 unspecified atom stereocenters. The predicted octanol–water partition coefficient (Wildman–Crippen LogP) is 2.17. The van der Waals surface area contributed by atoms with Crippen molar-refractivity contribution in [2.45, 2.75) is 25.0 Å². The number of aromatic nitrogens is 5. The molecular formula is C20H19FN6O3. The molecule has 1 aromatic carbocycles. The van der Waals surface area contributed by atoms with E-state index < -0.39 is 24.1 Å². The van der Waals surface area contributed by atoms with Crippen molar-refractivity contribution in [2.75, 3.05) is 11.4 Å². The third kappa shape index (κ3) is 3.39. The molecule has 5 rings (SSSR count). The molecular weight excluding hydrogens is 391 g/mol. The van der Waals surface area contributed by atoms with E-state index in [-0.39, 0.29) is 12.5 Å². The number of carbonyl (C=O) groups excluding carboxylic acids is 1. The second kappa shape index (κ2) is 7.13. The summed E-state index contributed by atoms with van der Waals surface area (Å²) in [4.78, 5) is 19.2. The van der Waals surface area contributed by atoms with Crippen LogP contribution in [0.3, 0.4) is 0 Å². The van der Waals surface area contributed by atoms with E-state index in [1.54, 1.807) is 31.3 Å². The maximum atomic E-state index is 14.8. The molecule has 0 radical (unpaired) electrons. The van der Waals surface area contributed by atoms with E-state index in [2.05, 4.69) is 20.4 Å². The minimum Gasteiger partial charge on any atom is -0.441 e. The number of tetrazole rings is 1. The monoisotopic (exact) mass is 410 g/mol. The first kappa shape index (κ1) is 18.6. The highest BCUT2D eigenvalue weighted by Crippen LogP contribution is 2.37. The molecule has 0 bridgehead atoms. The highest BCUT2D eigenvalue weighted by Gasteiger charge is 2.43. The number of benzene rings is 1. The van der Waals surface area contributed by atoms with Crippen LogP contribution in [0, 0.1) is 11.7 Å². The lowest BCUT2D eigenvalue weighted by Gasteiger charge is -2.16. The van der Waals surface area contributed by atoms with E-state index in [0.29, 0.717) is 28.3 Å². The SMILES string of the molecule is Cn1nnc(-c2ccc(-c3ccc(N4C[C@H](C(O)C5CC5)OC4=O)cc3F)cn2)n1. The highest BCUT2D eigenvalue weighted by atomic mass is 19.1. The molecule has 30 heavy (non-hydrogen) atoms. The van der Waals surface area contributed by atoms with Gasteiger partial charge < -0.3 is 9.84 Å². The maximum Gasteiger partial charge on any atom is 0.414 e. The summed E-state index contributed by atoms with van der Waals surface area (Å²) in [5.41, 5.74) is 1.86. The Hall–Kier alpha value is -3.40. The van der Waals surface area contributed by atoms with Crippen LogP contribution in [0.2, 0.25) is 0 Å². The summed E-state index contributed by atoms with van der Waals surface area (Å²) < 4.78 is 20.1. The molecule has 154 valence electrons. The Morgan fingerprint density at radius 1 is 1.27 bits per heavy atom. The topological polar surface area (TPSA) is 106 Å². The Morgan fingerprint density at radius 3 is 2.73 bits per heavy atom. The predicted molar refractivity (Wildman–Crippen MR) is 104 cm³/mol. The molecule has 2 fully saturated rings. The van der Waals surface area contributed by atoms with Crippen molar-refractivity contribution < 1.29 is 19.0 Å². The largest absolute Gasteiger partial charge is 0.441 e. The Labute approximate surface area is 171 Å². The number of nitrogens with zero attached hydrogens (tertiary/aromatic N) is 6. The molecule has 1 saturated carbocycles. The van der Waals surface area contributed by atoms with Gasteiger partial charge in [-0.05, 0) is 48.2 Å². The molecule has 1 amide bonds. The van der Waals surface area contributed by atoms with Crippen LogP contribution in [-0.2, 0) is 11.8 Å². The van der Waals surface area contributed by atoms with Crippen LogP contribution in [0.25, 0.3) is 22.6 Å². The standard InChI is InChI=1S/C20H19FN6O3/c1-26-24-19(23-25-26)16-7-4-12(9-22-16)14-6-5-13(8-15(14)21)27-10-17(30-20(27)29)18(28)11-2-3-11/h4-9,11,17-18,28H,2-3,10H2,1H3/t17-,18?/m1/s1. The van der Waals surface area contributed by atoms with Crippen LogP contribution >= 0.6 is 0 Å². The summed E-state index contributed by atoms with van der Waals surface area (Å²) >= 11 is 0. The van der Waals surface area contributed by atoms with E-state index in [1.165, 1.54) is 22.0 Å². The number of carbonyl (C=O) groups is 1. The van der Waals surface area contributed by atoms with Gasteiger partial charge in [-0.3, -0.25) is 9.88 Å². The number of aliphatic hydroxyl groups excluding tert-OH is 1. The van der Waals surface area contributed by atoms with Crippen molar-refractivity contribution >= 4 is 11.8 Å². The fourth-order valence-corrected chi connectivity index (χ4v) is 3.59. The van der Waals surface area contributed by atoms with Gasteiger partial charge in [-0.25, -0.2) is 9.18 Å². The second-order valence-electron chi connectivity index (χ2n) is 7.56. The third-order valence-electron chi connectivity index (χ3n) is 5.40. The van der Waals surface area contributed by atoms with Crippen LogP contribution in [0.4, 0.5) is 14.9 Å². The summed E-state index contributed by atoms with van der Waals surface area (Å²) in [6, 6.07) is 7.97. The normalized spacial score (nSPS) is 19.8. The number of aliphatic hydroxyl groups is 1. The minimum atomic E-state index is -0.670. The second-order valence-corrected chi connectivity index (χ2v) is 7.56. The van der Waals surface area contributed by atoms with Gasteiger partial charge in [0.15, 0.2) is 0 Å². The van der Waals surface area contributed by atoms with Crippen LogP contribution in [-0.4, -0.2) is 55.1 Å². The van der Waals surface area contributed by atoms with Gasteiger partial charge >= 0.3 is 6.09 Å². The van der Waals surface area contributed by atoms with E-state index >= 15 is 0 Å².